The summed E-state index contributed by atoms with van der Waals surface area (Å²) in [6, 6.07) is 4.51. The van der Waals surface area contributed by atoms with Gasteiger partial charge in [-0.15, -0.1) is 0 Å². The summed E-state index contributed by atoms with van der Waals surface area (Å²) in [5, 5.41) is 0.157. The number of halogens is 1. The molecular formula is C13H17ClN2O2S2. The van der Waals surface area contributed by atoms with Crippen LogP contribution in [-0.2, 0) is 10.0 Å². The zero-order valence-electron chi connectivity index (χ0n) is 11.3. The van der Waals surface area contributed by atoms with Crippen molar-refractivity contribution in [3.63, 3.8) is 0 Å². The third kappa shape index (κ3) is 3.31. The van der Waals surface area contributed by atoms with E-state index in [1.807, 2.05) is 13.8 Å². The van der Waals surface area contributed by atoms with Gasteiger partial charge in [0.2, 0.25) is 10.0 Å². The molecule has 0 unspecified atom stereocenters. The van der Waals surface area contributed by atoms with Crippen LogP contribution in [0.4, 0.5) is 0 Å². The monoisotopic (exact) mass is 332 g/mol. The molecule has 2 rings (SSSR count). The first-order valence-electron chi connectivity index (χ1n) is 6.27. The molecule has 0 heterocycles. The van der Waals surface area contributed by atoms with E-state index < -0.39 is 15.6 Å². The Morgan fingerprint density at radius 1 is 1.45 bits per heavy atom. The van der Waals surface area contributed by atoms with Crippen LogP contribution in [-0.4, -0.2) is 18.9 Å². The Kier molecular flexibility index (Phi) is 4.12. The Morgan fingerprint density at radius 2 is 2.05 bits per heavy atom. The van der Waals surface area contributed by atoms with Crippen molar-refractivity contribution in [3.8, 4) is 0 Å². The van der Waals surface area contributed by atoms with Crippen LogP contribution >= 0.6 is 23.8 Å². The molecule has 1 aliphatic carbocycles. The van der Waals surface area contributed by atoms with Crippen molar-refractivity contribution >= 4 is 38.8 Å². The largest absolute Gasteiger partial charge is 0.389 e. The van der Waals surface area contributed by atoms with Crippen LogP contribution in [0.1, 0.15) is 32.3 Å². The van der Waals surface area contributed by atoms with E-state index in [1.165, 1.54) is 12.1 Å². The lowest BCUT2D eigenvalue weighted by molar-refractivity contribution is 0.400. The van der Waals surface area contributed by atoms with Crippen molar-refractivity contribution in [2.45, 2.75) is 37.1 Å². The predicted molar refractivity (Wildman–Crippen MR) is 84.5 cm³/mol. The molecular weight excluding hydrogens is 316 g/mol. The van der Waals surface area contributed by atoms with Gasteiger partial charge in [-0.05, 0) is 44.7 Å². The predicted octanol–water partition coefficient (Wildman–Crippen LogP) is 2.44. The molecule has 7 heteroatoms. The number of hydrogen-bond donors (Lipinski definition) is 2. The Bertz CT molecular complexity index is 652. The fourth-order valence-electron chi connectivity index (χ4n) is 2.15. The molecule has 0 radical (unpaired) electrons. The summed E-state index contributed by atoms with van der Waals surface area (Å²) in [6.07, 6.45) is 2.08. The molecule has 0 saturated heterocycles. The normalized spacial score (nSPS) is 16.1. The number of thiocarbonyl (C=S) groups is 1. The van der Waals surface area contributed by atoms with Gasteiger partial charge >= 0.3 is 0 Å². The molecule has 20 heavy (non-hydrogen) atoms. The third-order valence-corrected chi connectivity index (χ3v) is 5.89. The SMILES string of the molecule is CC(C)(NS(=O)(=O)c1cc(C(N)=S)ccc1Cl)C1CC1. The Labute approximate surface area is 129 Å². The summed E-state index contributed by atoms with van der Waals surface area (Å²) in [6.45, 7) is 3.76. The van der Waals surface area contributed by atoms with Gasteiger partial charge in [-0.1, -0.05) is 29.9 Å². The Balaban J connectivity index is 2.38. The third-order valence-electron chi connectivity index (χ3n) is 3.50. The fraction of sp³-hybridized carbons (Fsp3) is 0.462. The van der Waals surface area contributed by atoms with Crippen LogP contribution in [0.5, 0.6) is 0 Å². The van der Waals surface area contributed by atoms with Gasteiger partial charge in [0.15, 0.2) is 0 Å². The Morgan fingerprint density at radius 3 is 2.55 bits per heavy atom. The molecule has 0 amide bonds. The van der Waals surface area contributed by atoms with Crippen LogP contribution in [0.2, 0.25) is 5.02 Å². The molecule has 0 bridgehead atoms. The summed E-state index contributed by atoms with van der Waals surface area (Å²) in [5.74, 6) is 0.370. The molecule has 0 aromatic heterocycles. The van der Waals surface area contributed by atoms with Crippen molar-refractivity contribution in [2.75, 3.05) is 0 Å². The van der Waals surface area contributed by atoms with Crippen LogP contribution in [0.25, 0.3) is 0 Å². The summed E-state index contributed by atoms with van der Waals surface area (Å²) in [5.41, 5.74) is 5.53. The van der Waals surface area contributed by atoms with Gasteiger partial charge in [-0.2, -0.15) is 0 Å². The van der Waals surface area contributed by atoms with E-state index in [4.69, 9.17) is 29.6 Å². The first-order chi connectivity index (χ1) is 9.13. The van der Waals surface area contributed by atoms with E-state index in [0.717, 1.165) is 12.8 Å². The average Bonchev–Trinajstić information content (AvgIpc) is 3.11. The van der Waals surface area contributed by atoms with Gasteiger partial charge in [0, 0.05) is 11.1 Å². The molecule has 1 aromatic rings. The van der Waals surface area contributed by atoms with E-state index in [-0.39, 0.29) is 14.9 Å². The molecule has 0 aliphatic heterocycles. The van der Waals surface area contributed by atoms with Crippen LogP contribution in [0, 0.1) is 5.92 Å². The highest BCUT2D eigenvalue weighted by Gasteiger charge is 2.41. The molecule has 1 aromatic carbocycles. The maximum atomic E-state index is 12.5. The van der Waals surface area contributed by atoms with Crippen LogP contribution < -0.4 is 10.5 Å². The number of benzene rings is 1. The quantitative estimate of drug-likeness (QED) is 0.812. The number of nitrogens with one attached hydrogen (secondary N) is 1. The molecule has 3 N–H and O–H groups in total. The summed E-state index contributed by atoms with van der Waals surface area (Å²) < 4.78 is 27.7. The first-order valence-corrected chi connectivity index (χ1v) is 8.54. The zero-order valence-corrected chi connectivity index (χ0v) is 13.7. The first kappa shape index (κ1) is 15.7. The highest BCUT2D eigenvalue weighted by atomic mass is 35.5. The second kappa shape index (κ2) is 5.26. The average molecular weight is 333 g/mol. The minimum atomic E-state index is -3.71. The summed E-state index contributed by atoms with van der Waals surface area (Å²) >= 11 is 10.9. The van der Waals surface area contributed by atoms with E-state index in [0.29, 0.717) is 11.5 Å². The van der Waals surface area contributed by atoms with Gasteiger partial charge in [0.1, 0.15) is 9.88 Å². The Hall–Kier alpha value is -0.690. The van der Waals surface area contributed by atoms with Gasteiger partial charge in [0.25, 0.3) is 0 Å². The molecule has 1 saturated carbocycles. The van der Waals surface area contributed by atoms with Crippen LogP contribution in [0.15, 0.2) is 23.1 Å². The zero-order chi connectivity index (χ0) is 15.1. The topological polar surface area (TPSA) is 72.2 Å². The lowest BCUT2D eigenvalue weighted by atomic mass is 10.0. The summed E-state index contributed by atoms with van der Waals surface area (Å²) in [4.78, 5) is 0.151. The smallest absolute Gasteiger partial charge is 0.242 e. The standard InChI is InChI=1S/C13H17ClN2O2S2/c1-13(2,9-4-5-9)16-20(17,18)11-7-8(12(15)19)3-6-10(11)14/h3,6-7,9,16H,4-5H2,1-2H3,(H2,15,19). The van der Waals surface area contributed by atoms with Crippen molar-refractivity contribution < 1.29 is 8.42 Å². The maximum absolute atomic E-state index is 12.5. The second-order valence-electron chi connectivity index (χ2n) is 5.61. The second-order valence-corrected chi connectivity index (χ2v) is 8.11. The lowest BCUT2D eigenvalue weighted by Gasteiger charge is -2.26. The number of rotatable bonds is 5. The van der Waals surface area contributed by atoms with E-state index in [1.54, 1.807) is 6.07 Å². The lowest BCUT2D eigenvalue weighted by Crippen LogP contribution is -2.45. The fourth-order valence-corrected chi connectivity index (χ4v) is 4.28. The highest BCUT2D eigenvalue weighted by molar-refractivity contribution is 7.89. The molecule has 110 valence electrons. The number of sulfonamides is 1. The van der Waals surface area contributed by atoms with Crippen molar-refractivity contribution in [1.82, 2.24) is 4.72 Å². The molecule has 4 nitrogen and oxygen atoms in total. The molecule has 1 fully saturated rings. The van der Waals surface area contributed by atoms with Gasteiger partial charge in [-0.25, -0.2) is 13.1 Å². The summed E-state index contributed by atoms with van der Waals surface area (Å²) in [7, 11) is -3.71. The van der Waals surface area contributed by atoms with Crippen molar-refractivity contribution in [3.05, 3.63) is 28.8 Å². The maximum Gasteiger partial charge on any atom is 0.242 e. The van der Waals surface area contributed by atoms with Crippen molar-refractivity contribution in [1.29, 1.82) is 0 Å². The number of hydrogen-bond acceptors (Lipinski definition) is 3. The van der Waals surface area contributed by atoms with Crippen molar-refractivity contribution in [2.24, 2.45) is 11.7 Å². The molecule has 0 spiro atoms. The van der Waals surface area contributed by atoms with E-state index >= 15 is 0 Å². The minimum Gasteiger partial charge on any atom is -0.389 e. The number of nitrogens with two attached hydrogens (primary N) is 1. The van der Waals surface area contributed by atoms with E-state index in [2.05, 4.69) is 4.72 Å². The van der Waals surface area contributed by atoms with Gasteiger partial charge < -0.3 is 5.73 Å². The highest BCUT2D eigenvalue weighted by Crippen LogP contribution is 2.40. The minimum absolute atomic E-state index is 0.0122. The van der Waals surface area contributed by atoms with Crippen LogP contribution in [0.3, 0.4) is 0 Å². The van der Waals surface area contributed by atoms with Gasteiger partial charge in [0.05, 0.1) is 5.02 Å². The van der Waals surface area contributed by atoms with E-state index in [9.17, 15) is 8.42 Å². The molecule has 0 atom stereocenters. The molecule has 1 aliphatic rings. The van der Waals surface area contributed by atoms with Gasteiger partial charge in [-0.3, -0.25) is 0 Å².